The molecular formula is C14H20N2O4S. The molecule has 6 nitrogen and oxygen atoms in total. The highest BCUT2D eigenvalue weighted by atomic mass is 32.2. The number of nitriles is 1. The number of hydrogen-bond acceptors (Lipinski definition) is 6. The molecule has 7 heteroatoms. The van der Waals surface area contributed by atoms with Crippen LogP contribution in [0.25, 0.3) is 0 Å². The van der Waals surface area contributed by atoms with Crippen molar-refractivity contribution in [1.29, 1.82) is 5.26 Å². The fourth-order valence-electron chi connectivity index (χ4n) is 1.85. The number of ether oxygens (including phenoxy) is 1. The van der Waals surface area contributed by atoms with Crippen LogP contribution in [0.15, 0.2) is 29.2 Å². The lowest BCUT2D eigenvalue weighted by Gasteiger charge is -2.16. The number of nitrogens with zero attached hydrogens (tertiary/aromatic N) is 1. The highest BCUT2D eigenvalue weighted by Crippen LogP contribution is 2.11. The molecule has 0 heterocycles. The molecule has 0 aliphatic rings. The van der Waals surface area contributed by atoms with Gasteiger partial charge in [0.1, 0.15) is 0 Å². The molecule has 1 rings (SSSR count). The summed E-state index contributed by atoms with van der Waals surface area (Å²) >= 11 is 0. The van der Waals surface area contributed by atoms with Gasteiger partial charge in [-0.05, 0) is 30.7 Å². The van der Waals surface area contributed by atoms with E-state index in [2.05, 4.69) is 5.32 Å². The van der Waals surface area contributed by atoms with E-state index in [4.69, 9.17) is 15.1 Å². The van der Waals surface area contributed by atoms with Crippen LogP contribution >= 0.6 is 0 Å². The zero-order valence-electron chi connectivity index (χ0n) is 11.9. The van der Waals surface area contributed by atoms with Gasteiger partial charge in [-0.25, -0.2) is 8.42 Å². The Hall–Kier alpha value is -1.46. The summed E-state index contributed by atoms with van der Waals surface area (Å²) < 4.78 is 29.2. The van der Waals surface area contributed by atoms with Gasteiger partial charge in [-0.1, -0.05) is 0 Å². The Morgan fingerprint density at radius 1 is 1.38 bits per heavy atom. The lowest BCUT2D eigenvalue weighted by Crippen LogP contribution is -2.37. The second kappa shape index (κ2) is 8.74. The molecule has 1 unspecified atom stereocenters. The van der Waals surface area contributed by atoms with Gasteiger partial charge in [0.2, 0.25) is 0 Å². The molecule has 0 aliphatic heterocycles. The molecule has 0 amide bonds. The lowest BCUT2D eigenvalue weighted by molar-refractivity contribution is 0.149. The first-order chi connectivity index (χ1) is 10.0. The minimum absolute atomic E-state index is 0.0173. The van der Waals surface area contributed by atoms with E-state index in [1.54, 1.807) is 7.11 Å². The standard InChI is InChI=1S/C14H20N2O4S/c1-20-11-13(6-8-17)16-7-9-21(18,19)14-4-2-12(10-15)3-5-14/h2-5,13,16-17H,6-9,11H2,1H3. The zero-order chi connectivity index (χ0) is 15.7. The number of sulfone groups is 1. The van der Waals surface area contributed by atoms with Crippen LogP contribution in [0.1, 0.15) is 12.0 Å². The lowest BCUT2D eigenvalue weighted by atomic mass is 10.2. The minimum Gasteiger partial charge on any atom is -0.396 e. The summed E-state index contributed by atoms with van der Waals surface area (Å²) in [4.78, 5) is 0.203. The van der Waals surface area contributed by atoms with Crippen molar-refractivity contribution in [2.24, 2.45) is 0 Å². The molecule has 1 aromatic carbocycles. The summed E-state index contributed by atoms with van der Waals surface area (Å²) in [6.45, 7) is 0.706. The highest BCUT2D eigenvalue weighted by Gasteiger charge is 2.15. The van der Waals surface area contributed by atoms with Gasteiger partial charge in [0.15, 0.2) is 9.84 Å². The minimum atomic E-state index is -3.39. The Morgan fingerprint density at radius 2 is 2.05 bits per heavy atom. The van der Waals surface area contributed by atoms with Crippen molar-refractivity contribution in [2.45, 2.75) is 17.4 Å². The molecule has 116 valence electrons. The van der Waals surface area contributed by atoms with Crippen LogP contribution in [0.3, 0.4) is 0 Å². The third-order valence-corrected chi connectivity index (χ3v) is 4.72. The Kier molecular flexibility index (Phi) is 7.32. The van der Waals surface area contributed by atoms with Gasteiger partial charge in [0.25, 0.3) is 0 Å². The Bertz CT molecular complexity index is 558. The van der Waals surface area contributed by atoms with Crippen LogP contribution in [0, 0.1) is 11.3 Å². The van der Waals surface area contributed by atoms with E-state index in [-0.39, 0.29) is 29.8 Å². The van der Waals surface area contributed by atoms with Gasteiger partial charge >= 0.3 is 0 Å². The molecule has 0 aromatic heterocycles. The zero-order valence-corrected chi connectivity index (χ0v) is 12.8. The number of hydrogen-bond donors (Lipinski definition) is 2. The van der Waals surface area contributed by atoms with Crippen molar-refractivity contribution in [3.8, 4) is 6.07 Å². The van der Waals surface area contributed by atoms with E-state index < -0.39 is 9.84 Å². The average molecular weight is 312 g/mol. The van der Waals surface area contributed by atoms with Gasteiger partial charge in [-0.3, -0.25) is 0 Å². The number of nitrogens with one attached hydrogen (secondary N) is 1. The smallest absolute Gasteiger partial charge is 0.179 e. The van der Waals surface area contributed by atoms with Crippen molar-refractivity contribution in [3.05, 3.63) is 29.8 Å². The maximum Gasteiger partial charge on any atom is 0.179 e. The van der Waals surface area contributed by atoms with Crippen molar-refractivity contribution in [1.82, 2.24) is 5.32 Å². The van der Waals surface area contributed by atoms with Crippen LogP contribution in [0.2, 0.25) is 0 Å². The van der Waals surface area contributed by atoms with Crippen molar-refractivity contribution in [3.63, 3.8) is 0 Å². The molecular weight excluding hydrogens is 292 g/mol. The third-order valence-electron chi connectivity index (χ3n) is 2.99. The van der Waals surface area contributed by atoms with Gasteiger partial charge in [-0.15, -0.1) is 0 Å². The first kappa shape index (κ1) is 17.6. The van der Waals surface area contributed by atoms with Gasteiger partial charge in [-0.2, -0.15) is 5.26 Å². The quantitative estimate of drug-likeness (QED) is 0.681. The predicted octanol–water partition coefficient (Wildman–Crippen LogP) is 0.319. The first-order valence-corrected chi connectivity index (χ1v) is 8.25. The normalized spacial score (nSPS) is 12.8. The number of aliphatic hydroxyl groups is 1. The molecule has 1 atom stereocenters. The Labute approximate surface area is 125 Å². The van der Waals surface area contributed by atoms with Crippen LogP contribution in [-0.4, -0.2) is 52.2 Å². The summed E-state index contributed by atoms with van der Waals surface area (Å²) in [5, 5.41) is 20.7. The van der Waals surface area contributed by atoms with Gasteiger partial charge in [0.05, 0.1) is 28.9 Å². The Morgan fingerprint density at radius 3 is 2.57 bits per heavy atom. The van der Waals surface area contributed by atoms with Gasteiger partial charge in [0, 0.05) is 26.3 Å². The van der Waals surface area contributed by atoms with E-state index in [0.29, 0.717) is 18.6 Å². The van der Waals surface area contributed by atoms with E-state index in [0.717, 1.165) is 0 Å². The van der Waals surface area contributed by atoms with Crippen molar-refractivity contribution in [2.75, 3.05) is 32.6 Å². The molecule has 0 bridgehead atoms. The summed E-state index contributed by atoms with van der Waals surface area (Å²) in [7, 11) is -1.83. The molecule has 0 saturated heterocycles. The first-order valence-electron chi connectivity index (χ1n) is 6.59. The molecule has 0 radical (unpaired) electrons. The van der Waals surface area contributed by atoms with Crippen LogP contribution in [-0.2, 0) is 14.6 Å². The number of rotatable bonds is 9. The van der Waals surface area contributed by atoms with Crippen molar-refractivity contribution >= 4 is 9.84 Å². The summed E-state index contributed by atoms with van der Waals surface area (Å²) in [5.74, 6) is -0.0510. The van der Waals surface area contributed by atoms with E-state index in [9.17, 15) is 8.42 Å². The second-order valence-electron chi connectivity index (χ2n) is 4.57. The van der Waals surface area contributed by atoms with Crippen LogP contribution < -0.4 is 5.32 Å². The molecule has 1 aromatic rings. The molecule has 2 N–H and O–H groups in total. The topological polar surface area (TPSA) is 99.4 Å². The van der Waals surface area contributed by atoms with E-state index in [1.807, 2.05) is 6.07 Å². The summed E-state index contributed by atoms with van der Waals surface area (Å²) in [5.41, 5.74) is 0.426. The maximum absolute atomic E-state index is 12.1. The average Bonchev–Trinajstić information content (AvgIpc) is 2.47. The maximum atomic E-state index is 12.1. The van der Waals surface area contributed by atoms with Crippen molar-refractivity contribution < 1.29 is 18.3 Å². The van der Waals surface area contributed by atoms with Crippen LogP contribution in [0.5, 0.6) is 0 Å². The molecule has 21 heavy (non-hydrogen) atoms. The second-order valence-corrected chi connectivity index (χ2v) is 6.68. The molecule has 0 spiro atoms. The monoisotopic (exact) mass is 312 g/mol. The number of methoxy groups -OCH3 is 1. The predicted molar refractivity (Wildman–Crippen MR) is 78.6 cm³/mol. The van der Waals surface area contributed by atoms with E-state index >= 15 is 0 Å². The largest absolute Gasteiger partial charge is 0.396 e. The van der Waals surface area contributed by atoms with E-state index in [1.165, 1.54) is 24.3 Å². The molecule has 0 fully saturated rings. The van der Waals surface area contributed by atoms with Crippen LogP contribution in [0.4, 0.5) is 0 Å². The summed E-state index contributed by atoms with van der Waals surface area (Å²) in [6.07, 6.45) is 0.505. The highest BCUT2D eigenvalue weighted by molar-refractivity contribution is 7.91. The SMILES string of the molecule is COCC(CCO)NCCS(=O)(=O)c1ccc(C#N)cc1. The summed E-state index contributed by atoms with van der Waals surface area (Å²) in [6, 6.07) is 7.72. The van der Waals surface area contributed by atoms with Gasteiger partial charge < -0.3 is 15.2 Å². The Balaban J connectivity index is 2.57. The number of benzene rings is 1. The molecule has 0 saturated carbocycles. The fraction of sp³-hybridized carbons (Fsp3) is 0.500. The molecule has 0 aliphatic carbocycles. The third kappa shape index (κ3) is 5.81. The number of aliphatic hydroxyl groups excluding tert-OH is 1. The fourth-order valence-corrected chi connectivity index (χ4v) is 3.03.